The van der Waals surface area contributed by atoms with E-state index in [0.717, 1.165) is 18.4 Å². The van der Waals surface area contributed by atoms with E-state index in [0.29, 0.717) is 11.6 Å². The summed E-state index contributed by atoms with van der Waals surface area (Å²) in [5, 5.41) is 0.711. The highest BCUT2D eigenvalue weighted by Gasteiger charge is 2.19. The molecular formula is C18H22ClNO. The van der Waals surface area contributed by atoms with Gasteiger partial charge in [-0.25, -0.2) is 0 Å². The smallest absolute Gasteiger partial charge is 0.0987 e. The maximum absolute atomic E-state index is 6.24. The fourth-order valence-electron chi connectivity index (χ4n) is 2.36. The van der Waals surface area contributed by atoms with Crippen LogP contribution in [0.5, 0.6) is 0 Å². The molecule has 0 bridgehead atoms. The van der Waals surface area contributed by atoms with E-state index in [4.69, 9.17) is 22.1 Å². The minimum atomic E-state index is -0.158. The van der Waals surface area contributed by atoms with Gasteiger partial charge in [-0.2, -0.15) is 0 Å². The molecule has 0 aliphatic carbocycles. The standard InChI is InChI=1S/C18H22ClNO/c1-14(20)18(16-11-5-6-12-17(16)19)21-13-7-10-15-8-3-2-4-9-15/h2-6,8-9,11-12,14,18H,7,10,13,20H2,1H3. The average Bonchev–Trinajstić information content (AvgIpc) is 2.49. The van der Waals surface area contributed by atoms with E-state index in [9.17, 15) is 0 Å². The summed E-state index contributed by atoms with van der Waals surface area (Å²) in [6.45, 7) is 2.62. The van der Waals surface area contributed by atoms with Crippen molar-refractivity contribution in [1.29, 1.82) is 0 Å². The normalized spacial score (nSPS) is 13.9. The van der Waals surface area contributed by atoms with Crippen LogP contribution < -0.4 is 5.73 Å². The van der Waals surface area contributed by atoms with E-state index in [-0.39, 0.29) is 12.1 Å². The van der Waals surface area contributed by atoms with Gasteiger partial charge in [0, 0.05) is 23.2 Å². The van der Waals surface area contributed by atoms with Gasteiger partial charge in [-0.1, -0.05) is 60.1 Å². The first kappa shape index (κ1) is 16.0. The quantitative estimate of drug-likeness (QED) is 0.771. The molecule has 2 nitrogen and oxygen atoms in total. The van der Waals surface area contributed by atoms with Crippen molar-refractivity contribution in [2.45, 2.75) is 31.9 Å². The highest BCUT2D eigenvalue weighted by atomic mass is 35.5. The first-order valence-corrected chi connectivity index (χ1v) is 7.72. The Kier molecular flexibility index (Phi) is 6.24. The number of hydrogen-bond acceptors (Lipinski definition) is 2. The first-order chi connectivity index (χ1) is 10.2. The van der Waals surface area contributed by atoms with E-state index in [2.05, 4.69) is 24.3 Å². The molecule has 112 valence electrons. The molecule has 2 aromatic rings. The Balaban J connectivity index is 1.88. The van der Waals surface area contributed by atoms with Crippen molar-refractivity contribution < 1.29 is 4.74 Å². The highest BCUT2D eigenvalue weighted by molar-refractivity contribution is 6.31. The zero-order chi connectivity index (χ0) is 15.1. The summed E-state index contributed by atoms with van der Waals surface area (Å²) in [5.74, 6) is 0. The Hall–Kier alpha value is -1.35. The van der Waals surface area contributed by atoms with Crippen LogP contribution in [0.1, 0.15) is 30.6 Å². The number of aryl methyl sites for hydroxylation is 1. The lowest BCUT2D eigenvalue weighted by Crippen LogP contribution is -2.27. The molecule has 0 saturated heterocycles. The van der Waals surface area contributed by atoms with Gasteiger partial charge in [-0.15, -0.1) is 0 Å². The summed E-state index contributed by atoms with van der Waals surface area (Å²) in [4.78, 5) is 0. The summed E-state index contributed by atoms with van der Waals surface area (Å²) in [6.07, 6.45) is 1.82. The van der Waals surface area contributed by atoms with Gasteiger partial charge >= 0.3 is 0 Å². The molecule has 0 aliphatic rings. The van der Waals surface area contributed by atoms with Crippen molar-refractivity contribution >= 4 is 11.6 Å². The third-order valence-electron chi connectivity index (χ3n) is 3.44. The lowest BCUT2D eigenvalue weighted by molar-refractivity contribution is 0.0370. The molecule has 21 heavy (non-hydrogen) atoms. The van der Waals surface area contributed by atoms with Gasteiger partial charge in [0.1, 0.15) is 0 Å². The summed E-state index contributed by atoms with van der Waals surface area (Å²) < 4.78 is 5.98. The topological polar surface area (TPSA) is 35.2 Å². The van der Waals surface area contributed by atoms with Crippen LogP contribution in [0.4, 0.5) is 0 Å². The molecule has 0 amide bonds. The highest BCUT2D eigenvalue weighted by Crippen LogP contribution is 2.27. The van der Waals surface area contributed by atoms with Crippen LogP contribution in [0.15, 0.2) is 54.6 Å². The molecule has 2 aromatic carbocycles. The van der Waals surface area contributed by atoms with Gasteiger partial charge in [0.2, 0.25) is 0 Å². The molecule has 2 unspecified atom stereocenters. The number of rotatable bonds is 7. The van der Waals surface area contributed by atoms with E-state index in [1.54, 1.807) is 0 Å². The second-order valence-corrected chi connectivity index (χ2v) is 5.67. The summed E-state index contributed by atoms with van der Waals surface area (Å²) in [7, 11) is 0. The molecule has 2 atom stereocenters. The Labute approximate surface area is 131 Å². The summed E-state index contributed by atoms with van der Waals surface area (Å²) in [5.41, 5.74) is 8.34. The van der Waals surface area contributed by atoms with Gasteiger partial charge in [-0.05, 0) is 31.4 Å². The van der Waals surface area contributed by atoms with E-state index < -0.39 is 0 Å². The number of ether oxygens (including phenoxy) is 1. The van der Waals surface area contributed by atoms with E-state index in [1.807, 2.05) is 37.3 Å². The summed E-state index contributed by atoms with van der Waals surface area (Å²) >= 11 is 6.24. The SMILES string of the molecule is CC(N)C(OCCCc1ccccc1)c1ccccc1Cl. The Bertz CT molecular complexity index is 542. The van der Waals surface area contributed by atoms with Crippen molar-refractivity contribution in [2.24, 2.45) is 5.73 Å². The maximum Gasteiger partial charge on any atom is 0.0987 e. The molecule has 0 heterocycles. The van der Waals surface area contributed by atoms with E-state index >= 15 is 0 Å². The van der Waals surface area contributed by atoms with Crippen LogP contribution in [-0.2, 0) is 11.2 Å². The summed E-state index contributed by atoms with van der Waals surface area (Å²) in [6, 6.07) is 18.1. The number of benzene rings is 2. The third kappa shape index (κ3) is 4.85. The molecule has 2 N–H and O–H groups in total. The molecule has 0 spiro atoms. The number of hydrogen-bond donors (Lipinski definition) is 1. The van der Waals surface area contributed by atoms with Gasteiger partial charge < -0.3 is 10.5 Å². The first-order valence-electron chi connectivity index (χ1n) is 7.34. The molecule has 0 aliphatic heterocycles. The van der Waals surface area contributed by atoms with Crippen LogP contribution >= 0.6 is 11.6 Å². The van der Waals surface area contributed by atoms with Crippen molar-refractivity contribution in [2.75, 3.05) is 6.61 Å². The Morgan fingerprint density at radius 2 is 1.71 bits per heavy atom. The predicted molar refractivity (Wildman–Crippen MR) is 88.6 cm³/mol. The number of halogens is 1. The van der Waals surface area contributed by atoms with Crippen LogP contribution in [0.25, 0.3) is 0 Å². The Morgan fingerprint density at radius 1 is 1.05 bits per heavy atom. The lowest BCUT2D eigenvalue weighted by Gasteiger charge is -2.23. The van der Waals surface area contributed by atoms with Gasteiger partial charge in [0.05, 0.1) is 6.10 Å². The van der Waals surface area contributed by atoms with Crippen molar-refractivity contribution in [1.82, 2.24) is 0 Å². The van der Waals surface area contributed by atoms with Crippen LogP contribution in [-0.4, -0.2) is 12.6 Å². The Morgan fingerprint density at radius 3 is 2.38 bits per heavy atom. The molecule has 0 saturated carbocycles. The minimum Gasteiger partial charge on any atom is -0.372 e. The van der Waals surface area contributed by atoms with Gasteiger partial charge in [0.25, 0.3) is 0 Å². The zero-order valence-corrected chi connectivity index (χ0v) is 13.1. The van der Waals surface area contributed by atoms with Crippen molar-refractivity contribution in [3.8, 4) is 0 Å². The van der Waals surface area contributed by atoms with Crippen LogP contribution in [0, 0.1) is 0 Å². The lowest BCUT2D eigenvalue weighted by atomic mass is 10.0. The van der Waals surface area contributed by atoms with Gasteiger partial charge in [0.15, 0.2) is 0 Å². The number of nitrogens with two attached hydrogens (primary N) is 1. The third-order valence-corrected chi connectivity index (χ3v) is 3.78. The van der Waals surface area contributed by atoms with E-state index in [1.165, 1.54) is 5.56 Å². The molecule has 0 aromatic heterocycles. The second-order valence-electron chi connectivity index (χ2n) is 5.26. The maximum atomic E-state index is 6.24. The average molecular weight is 304 g/mol. The van der Waals surface area contributed by atoms with Crippen molar-refractivity contribution in [3.63, 3.8) is 0 Å². The molecule has 0 fully saturated rings. The molecular weight excluding hydrogens is 282 g/mol. The second kappa shape index (κ2) is 8.18. The monoisotopic (exact) mass is 303 g/mol. The fraction of sp³-hybridized carbons (Fsp3) is 0.333. The van der Waals surface area contributed by atoms with Crippen LogP contribution in [0.3, 0.4) is 0 Å². The molecule has 3 heteroatoms. The fourth-order valence-corrected chi connectivity index (χ4v) is 2.61. The van der Waals surface area contributed by atoms with Gasteiger partial charge in [-0.3, -0.25) is 0 Å². The predicted octanol–water partition coefficient (Wildman–Crippen LogP) is 4.38. The largest absolute Gasteiger partial charge is 0.372 e. The molecule has 2 rings (SSSR count). The van der Waals surface area contributed by atoms with Crippen LogP contribution in [0.2, 0.25) is 5.02 Å². The minimum absolute atomic E-state index is 0.0957. The molecule has 0 radical (unpaired) electrons. The van der Waals surface area contributed by atoms with Crippen molar-refractivity contribution in [3.05, 3.63) is 70.7 Å². The zero-order valence-electron chi connectivity index (χ0n) is 12.3.